The van der Waals surface area contributed by atoms with E-state index in [0.29, 0.717) is 30.2 Å². The van der Waals surface area contributed by atoms with Crippen molar-refractivity contribution in [3.8, 4) is 0 Å². The average Bonchev–Trinajstić information content (AvgIpc) is 2.96. The van der Waals surface area contributed by atoms with E-state index in [0.717, 1.165) is 0 Å². The lowest BCUT2D eigenvalue weighted by atomic mass is 10.2. The van der Waals surface area contributed by atoms with Crippen LogP contribution in [0.1, 0.15) is 32.4 Å². The number of imidazole rings is 1. The second-order valence-corrected chi connectivity index (χ2v) is 4.38. The third-order valence-corrected chi connectivity index (χ3v) is 2.79. The van der Waals surface area contributed by atoms with Crippen LogP contribution in [0.2, 0.25) is 0 Å². The highest BCUT2D eigenvalue weighted by atomic mass is 16.4. The molecule has 0 aromatic carbocycles. The molecule has 7 nitrogen and oxygen atoms in total. The number of nitrogens with zero attached hydrogens (tertiary/aromatic N) is 2. The maximum Gasteiger partial charge on any atom is 0.356 e. The van der Waals surface area contributed by atoms with Crippen LogP contribution < -0.4 is 5.32 Å². The number of aryl methyl sites for hydroxylation is 2. The minimum Gasteiger partial charge on any atom is -0.476 e. The number of carbonyl (C=O) groups excluding carboxylic acids is 1. The van der Waals surface area contributed by atoms with Crippen LogP contribution >= 0.6 is 0 Å². The molecule has 0 saturated carbocycles. The fourth-order valence-electron chi connectivity index (χ4n) is 1.84. The minimum atomic E-state index is -1.07. The largest absolute Gasteiger partial charge is 0.476 e. The van der Waals surface area contributed by atoms with Gasteiger partial charge in [0.25, 0.3) is 5.91 Å². The van der Waals surface area contributed by atoms with Crippen molar-refractivity contribution in [2.75, 3.05) is 6.54 Å². The molecule has 20 heavy (non-hydrogen) atoms. The molecular weight excluding hydrogens is 262 g/mol. The van der Waals surface area contributed by atoms with E-state index in [9.17, 15) is 9.59 Å². The van der Waals surface area contributed by atoms with Gasteiger partial charge in [-0.3, -0.25) is 4.79 Å². The molecule has 0 aliphatic rings. The Kier molecular flexibility index (Phi) is 3.88. The lowest BCUT2D eigenvalue weighted by molar-refractivity contribution is 0.0690. The van der Waals surface area contributed by atoms with Gasteiger partial charge in [-0.15, -0.1) is 0 Å². The Bertz CT molecular complexity index is 642. The zero-order valence-electron chi connectivity index (χ0n) is 11.2. The SMILES string of the molecule is Cc1cc(C(=O)NCCn2cnc(C(=O)O)c2)c(C)o1. The van der Waals surface area contributed by atoms with Crippen LogP contribution in [0, 0.1) is 13.8 Å². The van der Waals surface area contributed by atoms with Crippen molar-refractivity contribution >= 4 is 11.9 Å². The van der Waals surface area contributed by atoms with Gasteiger partial charge in [0.1, 0.15) is 11.5 Å². The van der Waals surface area contributed by atoms with Crippen LogP contribution in [-0.4, -0.2) is 33.1 Å². The average molecular weight is 277 g/mol. The first-order chi connectivity index (χ1) is 9.47. The molecule has 0 unspecified atom stereocenters. The summed E-state index contributed by atoms with van der Waals surface area (Å²) in [5.74, 6) is -0.0145. The van der Waals surface area contributed by atoms with Crippen molar-refractivity contribution in [2.24, 2.45) is 0 Å². The van der Waals surface area contributed by atoms with Crippen LogP contribution in [0.15, 0.2) is 23.0 Å². The number of carbonyl (C=O) groups is 2. The van der Waals surface area contributed by atoms with Crippen LogP contribution in [0.25, 0.3) is 0 Å². The van der Waals surface area contributed by atoms with E-state index in [1.807, 2.05) is 0 Å². The molecule has 1 amide bonds. The molecule has 0 radical (unpaired) electrons. The van der Waals surface area contributed by atoms with Crippen molar-refractivity contribution in [1.29, 1.82) is 0 Å². The number of rotatable bonds is 5. The molecule has 0 fully saturated rings. The first kappa shape index (κ1) is 13.9. The molecule has 2 N–H and O–H groups in total. The van der Waals surface area contributed by atoms with Gasteiger partial charge in [-0.05, 0) is 19.9 Å². The van der Waals surface area contributed by atoms with Gasteiger partial charge in [0.05, 0.1) is 11.9 Å². The molecule has 2 rings (SSSR count). The lowest BCUT2D eigenvalue weighted by Crippen LogP contribution is -2.27. The second-order valence-electron chi connectivity index (χ2n) is 4.38. The van der Waals surface area contributed by atoms with E-state index in [1.165, 1.54) is 12.5 Å². The topological polar surface area (TPSA) is 97.4 Å². The summed E-state index contributed by atoms with van der Waals surface area (Å²) in [7, 11) is 0. The Morgan fingerprint density at radius 2 is 2.20 bits per heavy atom. The molecule has 2 aromatic rings. The number of aromatic nitrogens is 2. The molecule has 0 atom stereocenters. The smallest absolute Gasteiger partial charge is 0.356 e. The number of carboxylic acid groups (broad SMARTS) is 1. The van der Waals surface area contributed by atoms with Gasteiger partial charge in [-0.25, -0.2) is 9.78 Å². The molecule has 0 aliphatic heterocycles. The second kappa shape index (κ2) is 5.60. The number of furan rings is 1. The zero-order chi connectivity index (χ0) is 14.7. The summed E-state index contributed by atoms with van der Waals surface area (Å²) in [6.45, 7) is 4.33. The summed E-state index contributed by atoms with van der Waals surface area (Å²) < 4.78 is 6.90. The zero-order valence-corrected chi connectivity index (χ0v) is 11.2. The third-order valence-electron chi connectivity index (χ3n) is 2.79. The van der Waals surface area contributed by atoms with Crippen LogP contribution in [0.5, 0.6) is 0 Å². The fraction of sp³-hybridized carbons (Fsp3) is 0.308. The number of nitrogens with one attached hydrogen (secondary N) is 1. The van der Waals surface area contributed by atoms with Crippen LogP contribution in [-0.2, 0) is 6.54 Å². The summed E-state index contributed by atoms with van der Waals surface area (Å²) in [5.41, 5.74) is 0.497. The van der Waals surface area contributed by atoms with E-state index in [2.05, 4.69) is 10.3 Å². The highest BCUT2D eigenvalue weighted by Gasteiger charge is 2.13. The number of amides is 1. The van der Waals surface area contributed by atoms with Crippen molar-refractivity contribution in [1.82, 2.24) is 14.9 Å². The highest BCUT2D eigenvalue weighted by Crippen LogP contribution is 2.13. The Hall–Kier alpha value is -2.57. The molecule has 2 heterocycles. The van der Waals surface area contributed by atoms with Gasteiger partial charge in [-0.2, -0.15) is 0 Å². The molecule has 0 aliphatic carbocycles. The Morgan fingerprint density at radius 1 is 1.45 bits per heavy atom. The van der Waals surface area contributed by atoms with Crippen molar-refractivity contribution in [3.63, 3.8) is 0 Å². The van der Waals surface area contributed by atoms with Crippen LogP contribution in [0.4, 0.5) is 0 Å². The van der Waals surface area contributed by atoms with E-state index in [4.69, 9.17) is 9.52 Å². The molecular formula is C13H15N3O4. The van der Waals surface area contributed by atoms with Gasteiger partial charge < -0.3 is 19.4 Å². The standard InChI is InChI=1S/C13H15N3O4/c1-8-5-10(9(2)20-8)12(17)14-3-4-16-6-11(13(18)19)15-7-16/h5-7H,3-4H2,1-2H3,(H,14,17)(H,18,19). The first-order valence-electron chi connectivity index (χ1n) is 6.07. The summed E-state index contributed by atoms with van der Waals surface area (Å²) in [4.78, 5) is 26.3. The fourth-order valence-corrected chi connectivity index (χ4v) is 1.84. The van der Waals surface area contributed by atoms with Crippen molar-refractivity contribution < 1.29 is 19.1 Å². The van der Waals surface area contributed by atoms with Gasteiger partial charge in [0, 0.05) is 19.3 Å². The Labute approximate surface area is 115 Å². The van der Waals surface area contributed by atoms with E-state index in [-0.39, 0.29) is 11.6 Å². The molecule has 0 bridgehead atoms. The lowest BCUT2D eigenvalue weighted by Gasteiger charge is -2.04. The number of hydrogen-bond donors (Lipinski definition) is 2. The predicted octanol–water partition coefficient (Wildman–Crippen LogP) is 1.22. The maximum atomic E-state index is 11.9. The summed E-state index contributed by atoms with van der Waals surface area (Å²) in [5, 5.41) is 11.5. The predicted molar refractivity (Wildman–Crippen MR) is 69.7 cm³/mol. The number of carboxylic acids is 1. The van der Waals surface area contributed by atoms with Gasteiger partial charge in [-0.1, -0.05) is 0 Å². The van der Waals surface area contributed by atoms with Crippen molar-refractivity contribution in [2.45, 2.75) is 20.4 Å². The normalized spacial score (nSPS) is 10.5. The number of hydrogen-bond acceptors (Lipinski definition) is 4. The van der Waals surface area contributed by atoms with Crippen molar-refractivity contribution in [3.05, 3.63) is 41.4 Å². The summed E-state index contributed by atoms with van der Waals surface area (Å²) in [6, 6.07) is 1.68. The Balaban J connectivity index is 1.87. The summed E-state index contributed by atoms with van der Waals surface area (Å²) >= 11 is 0. The number of aromatic carboxylic acids is 1. The molecule has 7 heteroatoms. The van der Waals surface area contributed by atoms with Crippen LogP contribution in [0.3, 0.4) is 0 Å². The monoisotopic (exact) mass is 277 g/mol. The summed E-state index contributed by atoms with van der Waals surface area (Å²) in [6.07, 6.45) is 2.84. The minimum absolute atomic E-state index is 0.0161. The molecule has 0 spiro atoms. The molecule has 2 aromatic heterocycles. The quantitative estimate of drug-likeness (QED) is 0.856. The third kappa shape index (κ3) is 3.05. The van der Waals surface area contributed by atoms with E-state index in [1.54, 1.807) is 24.5 Å². The van der Waals surface area contributed by atoms with Gasteiger partial charge in [0.15, 0.2) is 5.69 Å². The highest BCUT2D eigenvalue weighted by molar-refractivity contribution is 5.95. The molecule has 106 valence electrons. The van der Waals surface area contributed by atoms with E-state index < -0.39 is 5.97 Å². The molecule has 0 saturated heterocycles. The van der Waals surface area contributed by atoms with E-state index >= 15 is 0 Å². The Morgan fingerprint density at radius 3 is 2.75 bits per heavy atom. The maximum absolute atomic E-state index is 11.9. The van der Waals surface area contributed by atoms with Gasteiger partial charge in [0.2, 0.25) is 0 Å². The first-order valence-corrected chi connectivity index (χ1v) is 6.07. The van der Waals surface area contributed by atoms with Gasteiger partial charge >= 0.3 is 5.97 Å².